The van der Waals surface area contributed by atoms with Crippen molar-refractivity contribution < 1.29 is 4.79 Å². The summed E-state index contributed by atoms with van der Waals surface area (Å²) in [6, 6.07) is 0. The molecule has 0 atom stereocenters. The highest BCUT2D eigenvalue weighted by Gasteiger charge is 2.35. The maximum atomic E-state index is 12.5. The number of nitrogens with zero attached hydrogens (tertiary/aromatic N) is 4. The molecule has 2 aromatic rings. The molecule has 1 aliphatic rings. The lowest BCUT2D eigenvalue weighted by atomic mass is 10.0. The zero-order chi connectivity index (χ0) is 16.3. The SMILES string of the molecule is CC(C)(C(=O)NCc1csc(-c2cnccn2)n1)N1CCCC1. The van der Waals surface area contributed by atoms with Crippen molar-refractivity contribution in [3.05, 3.63) is 29.7 Å². The fraction of sp³-hybridized carbons (Fsp3) is 0.500. The van der Waals surface area contributed by atoms with Gasteiger partial charge in [0.1, 0.15) is 10.7 Å². The summed E-state index contributed by atoms with van der Waals surface area (Å²) in [5.74, 6) is 0.0495. The molecule has 0 aromatic carbocycles. The van der Waals surface area contributed by atoms with Crippen LogP contribution in [0.3, 0.4) is 0 Å². The first-order valence-corrected chi connectivity index (χ1v) is 8.69. The van der Waals surface area contributed by atoms with Crippen molar-refractivity contribution in [2.45, 2.75) is 38.8 Å². The number of rotatable bonds is 5. The first kappa shape index (κ1) is 16.0. The highest BCUT2D eigenvalue weighted by atomic mass is 32.1. The van der Waals surface area contributed by atoms with E-state index < -0.39 is 5.54 Å². The van der Waals surface area contributed by atoms with Crippen LogP contribution in [-0.2, 0) is 11.3 Å². The lowest BCUT2D eigenvalue weighted by Gasteiger charge is -2.33. The Hall–Kier alpha value is -1.86. The Balaban J connectivity index is 1.60. The molecule has 0 aliphatic carbocycles. The van der Waals surface area contributed by atoms with Gasteiger partial charge in [0.2, 0.25) is 5.91 Å². The number of hydrogen-bond acceptors (Lipinski definition) is 6. The minimum atomic E-state index is -0.472. The van der Waals surface area contributed by atoms with Crippen molar-refractivity contribution in [3.63, 3.8) is 0 Å². The van der Waals surface area contributed by atoms with Crippen molar-refractivity contribution in [2.75, 3.05) is 13.1 Å². The van der Waals surface area contributed by atoms with Crippen molar-refractivity contribution in [3.8, 4) is 10.7 Å². The lowest BCUT2D eigenvalue weighted by Crippen LogP contribution is -2.53. The second-order valence-corrected chi connectivity index (χ2v) is 7.03. The average molecular weight is 331 g/mol. The smallest absolute Gasteiger partial charge is 0.240 e. The Morgan fingerprint density at radius 3 is 2.83 bits per heavy atom. The quantitative estimate of drug-likeness (QED) is 0.908. The van der Waals surface area contributed by atoms with Crippen LogP contribution in [0.4, 0.5) is 0 Å². The monoisotopic (exact) mass is 331 g/mol. The van der Waals surface area contributed by atoms with E-state index in [1.54, 1.807) is 18.6 Å². The fourth-order valence-electron chi connectivity index (χ4n) is 2.72. The number of hydrogen-bond donors (Lipinski definition) is 1. The fourth-order valence-corrected chi connectivity index (χ4v) is 3.50. The summed E-state index contributed by atoms with van der Waals surface area (Å²) in [5.41, 5.74) is 1.13. The third kappa shape index (κ3) is 3.56. The Bertz CT molecular complexity index is 664. The van der Waals surface area contributed by atoms with Gasteiger partial charge in [-0.2, -0.15) is 0 Å². The van der Waals surface area contributed by atoms with Gasteiger partial charge in [0.15, 0.2) is 0 Å². The third-order valence-corrected chi connectivity index (χ3v) is 5.13. The van der Waals surface area contributed by atoms with Gasteiger partial charge in [-0.05, 0) is 39.8 Å². The molecule has 0 bridgehead atoms. The molecule has 3 heterocycles. The minimum Gasteiger partial charge on any atom is -0.349 e. The summed E-state index contributed by atoms with van der Waals surface area (Å²) in [4.78, 5) is 27.6. The number of likely N-dealkylation sites (tertiary alicyclic amines) is 1. The van der Waals surface area contributed by atoms with Crippen LogP contribution >= 0.6 is 11.3 Å². The van der Waals surface area contributed by atoms with Crippen molar-refractivity contribution in [1.82, 2.24) is 25.2 Å². The maximum absolute atomic E-state index is 12.5. The molecule has 6 nitrogen and oxygen atoms in total. The molecule has 122 valence electrons. The Morgan fingerprint density at radius 2 is 2.13 bits per heavy atom. The van der Waals surface area contributed by atoms with E-state index in [0.717, 1.165) is 29.5 Å². The van der Waals surface area contributed by atoms with E-state index in [4.69, 9.17) is 0 Å². The lowest BCUT2D eigenvalue weighted by molar-refractivity contribution is -0.131. The zero-order valence-corrected chi connectivity index (χ0v) is 14.3. The molecule has 1 saturated heterocycles. The Morgan fingerprint density at radius 1 is 1.35 bits per heavy atom. The first-order valence-electron chi connectivity index (χ1n) is 7.81. The summed E-state index contributed by atoms with van der Waals surface area (Å²) >= 11 is 1.51. The molecule has 1 fully saturated rings. The molecule has 2 aromatic heterocycles. The van der Waals surface area contributed by atoms with Gasteiger partial charge in [-0.3, -0.25) is 19.7 Å². The first-order chi connectivity index (χ1) is 11.1. The molecular weight excluding hydrogens is 310 g/mol. The van der Waals surface area contributed by atoms with Gasteiger partial charge in [-0.25, -0.2) is 4.98 Å². The number of nitrogens with one attached hydrogen (secondary N) is 1. The molecule has 0 unspecified atom stereocenters. The van der Waals surface area contributed by atoms with Crippen molar-refractivity contribution in [2.24, 2.45) is 0 Å². The van der Waals surface area contributed by atoms with Gasteiger partial charge in [-0.15, -0.1) is 11.3 Å². The molecule has 0 saturated carbocycles. The Labute approximate surface area is 140 Å². The van der Waals surface area contributed by atoms with E-state index in [1.165, 1.54) is 24.2 Å². The largest absolute Gasteiger partial charge is 0.349 e. The Kier molecular flexibility index (Phi) is 4.68. The van der Waals surface area contributed by atoms with Crippen LogP contribution in [0.1, 0.15) is 32.4 Å². The maximum Gasteiger partial charge on any atom is 0.240 e. The van der Waals surface area contributed by atoms with E-state index in [1.807, 2.05) is 19.2 Å². The van der Waals surface area contributed by atoms with Gasteiger partial charge >= 0.3 is 0 Å². The molecular formula is C16H21N5OS. The van der Waals surface area contributed by atoms with Gasteiger partial charge in [-0.1, -0.05) is 0 Å². The molecule has 7 heteroatoms. The van der Waals surface area contributed by atoms with Crippen LogP contribution in [0.2, 0.25) is 0 Å². The molecule has 1 amide bonds. The highest BCUT2D eigenvalue weighted by Crippen LogP contribution is 2.22. The van der Waals surface area contributed by atoms with E-state index in [2.05, 4.69) is 25.2 Å². The van der Waals surface area contributed by atoms with Gasteiger partial charge < -0.3 is 5.32 Å². The summed E-state index contributed by atoms with van der Waals surface area (Å²) < 4.78 is 0. The topological polar surface area (TPSA) is 71.0 Å². The van der Waals surface area contributed by atoms with Crippen molar-refractivity contribution >= 4 is 17.2 Å². The predicted molar refractivity (Wildman–Crippen MR) is 89.9 cm³/mol. The van der Waals surface area contributed by atoms with Gasteiger partial charge in [0.25, 0.3) is 0 Å². The van der Waals surface area contributed by atoms with Crippen LogP contribution in [0, 0.1) is 0 Å². The molecule has 3 rings (SSSR count). The van der Waals surface area contributed by atoms with Crippen LogP contribution in [-0.4, -0.2) is 44.4 Å². The van der Waals surface area contributed by atoms with E-state index in [0.29, 0.717) is 6.54 Å². The van der Waals surface area contributed by atoms with E-state index >= 15 is 0 Å². The molecule has 1 aliphatic heterocycles. The van der Waals surface area contributed by atoms with Crippen LogP contribution in [0.15, 0.2) is 24.0 Å². The third-order valence-electron chi connectivity index (χ3n) is 4.22. The standard InChI is InChI=1S/C16H21N5OS/c1-16(2,21-7-3-4-8-21)15(22)19-9-12-11-23-14(20-12)13-10-17-5-6-18-13/h5-6,10-11H,3-4,7-9H2,1-2H3,(H,19,22). The molecule has 0 radical (unpaired) electrons. The highest BCUT2D eigenvalue weighted by molar-refractivity contribution is 7.13. The summed E-state index contributed by atoms with van der Waals surface area (Å²) in [7, 11) is 0. The summed E-state index contributed by atoms with van der Waals surface area (Å²) in [6.45, 7) is 6.40. The molecule has 1 N–H and O–H groups in total. The number of carbonyl (C=O) groups is 1. The zero-order valence-electron chi connectivity index (χ0n) is 13.5. The normalized spacial score (nSPS) is 15.7. The van der Waals surface area contributed by atoms with E-state index in [-0.39, 0.29) is 5.91 Å². The number of amides is 1. The summed E-state index contributed by atoms with van der Waals surface area (Å²) in [6.07, 6.45) is 7.32. The van der Waals surface area contributed by atoms with Crippen LogP contribution < -0.4 is 5.32 Å². The number of aromatic nitrogens is 3. The molecule has 0 spiro atoms. The molecule has 23 heavy (non-hydrogen) atoms. The van der Waals surface area contributed by atoms with Gasteiger partial charge in [0.05, 0.1) is 24.0 Å². The predicted octanol–water partition coefficient (Wildman–Crippen LogP) is 2.09. The summed E-state index contributed by atoms with van der Waals surface area (Å²) in [5, 5.41) is 5.78. The minimum absolute atomic E-state index is 0.0495. The number of carbonyl (C=O) groups excluding carboxylic acids is 1. The number of thiazole rings is 1. The second kappa shape index (κ2) is 6.72. The second-order valence-electron chi connectivity index (χ2n) is 6.17. The van der Waals surface area contributed by atoms with E-state index in [9.17, 15) is 4.79 Å². The van der Waals surface area contributed by atoms with Crippen molar-refractivity contribution in [1.29, 1.82) is 0 Å². The van der Waals surface area contributed by atoms with Gasteiger partial charge in [0, 0.05) is 17.8 Å². The van der Waals surface area contributed by atoms with Crippen LogP contribution in [0.5, 0.6) is 0 Å². The average Bonchev–Trinajstić information content (AvgIpc) is 3.25. The van der Waals surface area contributed by atoms with Crippen LogP contribution in [0.25, 0.3) is 10.7 Å².